The number of benzene rings is 3. The molecule has 3 aromatic rings. The van der Waals surface area contributed by atoms with Crippen LogP contribution in [0.1, 0.15) is 32.6 Å². The fourth-order valence-electron chi connectivity index (χ4n) is 2.80. The Morgan fingerprint density at radius 3 is 2.26 bits per heavy atom. The highest BCUT2D eigenvalue weighted by Crippen LogP contribution is 2.35. The standard InChI is InChI=1S/C24H17ClF4OS/c1-15-2-4-16(5-3-15)14-31-22(23(30)17-6-9-19(25)10-7-17)12-18-8-11-20(26)13-21(18)24(27,28)29/h2-13H,14H2,1H3/b22-12+. The van der Waals surface area contributed by atoms with E-state index < -0.39 is 23.3 Å². The number of aryl methyl sites for hydroxylation is 1. The number of allylic oxidation sites excluding steroid dienone is 1. The number of rotatable bonds is 6. The van der Waals surface area contributed by atoms with Crippen LogP contribution in [0.5, 0.6) is 0 Å². The fraction of sp³-hybridized carbons (Fsp3) is 0.125. The van der Waals surface area contributed by atoms with Crippen molar-refractivity contribution in [3.8, 4) is 0 Å². The lowest BCUT2D eigenvalue weighted by Gasteiger charge is -2.13. The third-order valence-corrected chi connectivity index (χ3v) is 5.80. The first kappa shape index (κ1) is 23.1. The summed E-state index contributed by atoms with van der Waals surface area (Å²) in [5.41, 5.74) is 0.874. The third-order valence-electron chi connectivity index (χ3n) is 4.45. The van der Waals surface area contributed by atoms with Gasteiger partial charge in [0.05, 0.1) is 10.5 Å². The minimum atomic E-state index is -4.76. The Morgan fingerprint density at radius 2 is 1.65 bits per heavy atom. The number of carbonyl (C=O) groups excluding carboxylic acids is 1. The molecule has 0 amide bonds. The van der Waals surface area contributed by atoms with Gasteiger partial charge >= 0.3 is 6.18 Å². The van der Waals surface area contributed by atoms with Crippen molar-refractivity contribution in [3.05, 3.63) is 110 Å². The van der Waals surface area contributed by atoms with Gasteiger partial charge in [-0.25, -0.2) is 4.39 Å². The van der Waals surface area contributed by atoms with Crippen LogP contribution in [0.4, 0.5) is 17.6 Å². The lowest BCUT2D eigenvalue weighted by molar-refractivity contribution is -0.137. The molecular formula is C24H17ClF4OS. The highest BCUT2D eigenvalue weighted by atomic mass is 35.5. The van der Waals surface area contributed by atoms with Crippen molar-refractivity contribution < 1.29 is 22.4 Å². The van der Waals surface area contributed by atoms with Gasteiger partial charge in [0, 0.05) is 16.3 Å². The predicted octanol–water partition coefficient (Wildman–Crippen LogP) is 7.96. The molecule has 0 atom stereocenters. The summed E-state index contributed by atoms with van der Waals surface area (Å²) in [5.74, 6) is -1.05. The number of ketones is 1. The summed E-state index contributed by atoms with van der Waals surface area (Å²) in [6.07, 6.45) is -3.60. The van der Waals surface area contributed by atoms with Crippen molar-refractivity contribution >= 4 is 35.2 Å². The maximum Gasteiger partial charge on any atom is 0.417 e. The minimum absolute atomic E-state index is 0.111. The summed E-state index contributed by atoms with van der Waals surface area (Å²) in [5, 5.41) is 0.437. The van der Waals surface area contributed by atoms with Gasteiger partial charge in [0.25, 0.3) is 0 Å². The van der Waals surface area contributed by atoms with Gasteiger partial charge in [-0.3, -0.25) is 4.79 Å². The molecule has 31 heavy (non-hydrogen) atoms. The predicted molar refractivity (Wildman–Crippen MR) is 118 cm³/mol. The Labute approximate surface area is 186 Å². The van der Waals surface area contributed by atoms with Gasteiger partial charge in [0.15, 0.2) is 5.78 Å². The Morgan fingerprint density at radius 1 is 1.00 bits per heavy atom. The zero-order chi connectivity index (χ0) is 22.6. The van der Waals surface area contributed by atoms with Crippen LogP contribution in [-0.4, -0.2) is 5.78 Å². The molecule has 0 aromatic heterocycles. The zero-order valence-electron chi connectivity index (χ0n) is 16.3. The second-order valence-electron chi connectivity index (χ2n) is 6.85. The topological polar surface area (TPSA) is 17.1 Å². The molecule has 0 fully saturated rings. The summed E-state index contributed by atoms with van der Waals surface area (Å²) in [6.45, 7) is 1.94. The van der Waals surface area contributed by atoms with Crippen molar-refractivity contribution in [2.75, 3.05) is 0 Å². The molecule has 0 radical (unpaired) electrons. The summed E-state index contributed by atoms with van der Waals surface area (Å²) in [7, 11) is 0. The van der Waals surface area contributed by atoms with E-state index in [4.69, 9.17) is 11.6 Å². The van der Waals surface area contributed by atoms with Gasteiger partial charge in [-0.1, -0.05) is 47.5 Å². The molecule has 0 aliphatic rings. The van der Waals surface area contributed by atoms with Crippen LogP contribution in [-0.2, 0) is 11.9 Å². The van der Waals surface area contributed by atoms with E-state index in [2.05, 4.69) is 0 Å². The van der Waals surface area contributed by atoms with Gasteiger partial charge < -0.3 is 0 Å². The third kappa shape index (κ3) is 6.21. The summed E-state index contributed by atoms with van der Waals surface area (Å²) >= 11 is 7.00. The fourth-order valence-corrected chi connectivity index (χ4v) is 3.90. The van der Waals surface area contributed by atoms with Crippen LogP contribution in [0.25, 0.3) is 6.08 Å². The molecule has 0 aliphatic carbocycles. The van der Waals surface area contributed by atoms with E-state index in [1.165, 1.54) is 24.3 Å². The molecule has 7 heteroatoms. The van der Waals surface area contributed by atoms with E-state index >= 15 is 0 Å². The molecule has 0 N–H and O–H groups in total. The molecule has 0 saturated carbocycles. The summed E-state index contributed by atoms with van der Waals surface area (Å²) in [6, 6.07) is 16.1. The molecule has 0 bridgehead atoms. The van der Waals surface area contributed by atoms with Crippen molar-refractivity contribution in [2.45, 2.75) is 18.9 Å². The van der Waals surface area contributed by atoms with E-state index in [-0.39, 0.29) is 10.5 Å². The second kappa shape index (κ2) is 9.71. The van der Waals surface area contributed by atoms with Crippen LogP contribution in [0.3, 0.4) is 0 Å². The van der Waals surface area contributed by atoms with E-state index in [0.29, 0.717) is 22.4 Å². The Hall–Kier alpha value is -2.57. The van der Waals surface area contributed by atoms with Crippen molar-refractivity contribution in [3.63, 3.8) is 0 Å². The highest BCUT2D eigenvalue weighted by molar-refractivity contribution is 8.03. The van der Waals surface area contributed by atoms with E-state index in [9.17, 15) is 22.4 Å². The Bertz CT molecular complexity index is 1100. The molecule has 3 aromatic carbocycles. The van der Waals surface area contributed by atoms with E-state index in [1.807, 2.05) is 31.2 Å². The van der Waals surface area contributed by atoms with Crippen molar-refractivity contribution in [2.24, 2.45) is 0 Å². The molecule has 3 rings (SSSR count). The first-order valence-corrected chi connectivity index (χ1v) is 10.6. The van der Waals surface area contributed by atoms with Gasteiger partial charge in [-0.2, -0.15) is 13.2 Å². The van der Waals surface area contributed by atoms with Gasteiger partial charge in [0.1, 0.15) is 5.82 Å². The number of hydrogen-bond donors (Lipinski definition) is 0. The largest absolute Gasteiger partial charge is 0.417 e. The van der Waals surface area contributed by atoms with Crippen molar-refractivity contribution in [1.29, 1.82) is 0 Å². The SMILES string of the molecule is Cc1ccc(CS/C(=C/c2ccc(F)cc2C(F)(F)F)C(=O)c2ccc(Cl)cc2)cc1. The zero-order valence-corrected chi connectivity index (χ0v) is 17.9. The number of carbonyl (C=O) groups is 1. The lowest BCUT2D eigenvalue weighted by atomic mass is 10.0. The highest BCUT2D eigenvalue weighted by Gasteiger charge is 2.33. The van der Waals surface area contributed by atoms with Gasteiger partial charge in [-0.05, 0) is 60.5 Å². The normalized spacial score (nSPS) is 12.1. The molecular weight excluding hydrogens is 448 g/mol. The van der Waals surface area contributed by atoms with Crippen molar-refractivity contribution in [1.82, 2.24) is 0 Å². The van der Waals surface area contributed by atoms with Crippen LogP contribution in [0.2, 0.25) is 5.02 Å². The minimum Gasteiger partial charge on any atom is -0.288 e. The van der Waals surface area contributed by atoms with Gasteiger partial charge in [-0.15, -0.1) is 11.8 Å². The lowest BCUT2D eigenvalue weighted by Crippen LogP contribution is -2.09. The molecule has 0 spiro atoms. The van der Waals surface area contributed by atoms with Crippen LogP contribution < -0.4 is 0 Å². The van der Waals surface area contributed by atoms with Crippen LogP contribution in [0, 0.1) is 12.7 Å². The molecule has 0 saturated heterocycles. The maximum atomic E-state index is 13.5. The van der Waals surface area contributed by atoms with Crippen LogP contribution >= 0.6 is 23.4 Å². The Balaban J connectivity index is 2.01. The molecule has 0 unspecified atom stereocenters. The molecule has 1 nitrogen and oxygen atoms in total. The number of halogens is 5. The number of hydrogen-bond acceptors (Lipinski definition) is 2. The number of Topliss-reactive ketones (excluding diaryl/α,β-unsaturated/α-hetero) is 1. The first-order valence-electron chi connectivity index (χ1n) is 9.20. The van der Waals surface area contributed by atoms with E-state index in [1.54, 1.807) is 0 Å². The average molecular weight is 465 g/mol. The average Bonchev–Trinajstić information content (AvgIpc) is 2.72. The number of thioether (sulfide) groups is 1. The van der Waals surface area contributed by atoms with Gasteiger partial charge in [0.2, 0.25) is 0 Å². The quantitative estimate of drug-likeness (QED) is 0.209. The first-order chi connectivity index (χ1) is 14.6. The molecule has 0 aliphatic heterocycles. The molecule has 160 valence electrons. The summed E-state index contributed by atoms with van der Waals surface area (Å²) < 4.78 is 53.8. The monoisotopic (exact) mass is 464 g/mol. The molecule has 0 heterocycles. The van der Waals surface area contributed by atoms with Crippen LogP contribution in [0.15, 0.2) is 71.6 Å². The Kier molecular flexibility index (Phi) is 7.23. The smallest absolute Gasteiger partial charge is 0.288 e. The second-order valence-corrected chi connectivity index (χ2v) is 8.30. The number of alkyl halides is 3. The summed E-state index contributed by atoms with van der Waals surface area (Å²) in [4.78, 5) is 13.2. The van der Waals surface area contributed by atoms with E-state index in [0.717, 1.165) is 41.1 Å². The maximum absolute atomic E-state index is 13.5.